The Morgan fingerprint density at radius 2 is 1.48 bits per heavy atom. The maximum absolute atomic E-state index is 11.1. The van der Waals surface area contributed by atoms with Gasteiger partial charge in [-0.05, 0) is 60.2 Å². The molecule has 0 aromatic rings. The molecule has 8 heteroatoms. The molecule has 0 rings (SSSR count). The van der Waals surface area contributed by atoms with Crippen molar-refractivity contribution in [2.24, 2.45) is 0 Å². The Morgan fingerprint density at radius 3 is 1.84 bits per heavy atom. The fourth-order valence-electron chi connectivity index (χ4n) is 2.00. The van der Waals surface area contributed by atoms with Gasteiger partial charge in [0.05, 0.1) is 6.61 Å². The zero-order valence-electron chi connectivity index (χ0n) is 17.2. The van der Waals surface area contributed by atoms with Gasteiger partial charge >= 0.3 is 23.8 Å². The molecule has 6 nitrogen and oxygen atoms in total. The average Bonchev–Trinajstić information content (AvgIpc) is 2.53. The largest absolute Gasteiger partial charge is 0.462 e. The fourth-order valence-corrected chi connectivity index (χ4v) is 5.41. The average molecular weight is 395 g/mol. The van der Waals surface area contributed by atoms with Gasteiger partial charge in [-0.3, -0.25) is 0 Å². The molecule has 0 saturated heterocycles. The molecule has 0 radical (unpaired) electrons. The van der Waals surface area contributed by atoms with E-state index in [1.165, 1.54) is 0 Å². The quantitative estimate of drug-likeness (QED) is 0.206. The standard InChI is InChI=1S/C12H24O4Si.C5H14O2Si/c1-6-15-17(5,16-7-2)10-8-9-14-12(13)11(3)4;1-4-6-8(3)7-5-2/h3,6-10H2,1-2,4-5H3;8H,4-5H2,1-3H3. The van der Waals surface area contributed by atoms with E-state index in [0.29, 0.717) is 25.4 Å². The summed E-state index contributed by atoms with van der Waals surface area (Å²) in [4.78, 5) is 11.1. The summed E-state index contributed by atoms with van der Waals surface area (Å²) in [5.41, 5.74) is 0.430. The van der Waals surface area contributed by atoms with Gasteiger partial charge in [-0.15, -0.1) is 0 Å². The highest BCUT2D eigenvalue weighted by molar-refractivity contribution is 6.66. The van der Waals surface area contributed by atoms with E-state index in [4.69, 9.17) is 22.4 Å². The molecule has 0 aliphatic heterocycles. The van der Waals surface area contributed by atoms with E-state index in [0.717, 1.165) is 25.7 Å². The molecule has 0 heterocycles. The highest BCUT2D eigenvalue weighted by Gasteiger charge is 2.30. The van der Waals surface area contributed by atoms with Gasteiger partial charge in [-0.1, -0.05) is 6.58 Å². The van der Waals surface area contributed by atoms with Crippen molar-refractivity contribution in [3.8, 4) is 0 Å². The molecule has 0 spiro atoms. The van der Waals surface area contributed by atoms with Crippen LogP contribution in [0.4, 0.5) is 0 Å². The van der Waals surface area contributed by atoms with Gasteiger partial charge in [-0.2, -0.15) is 0 Å². The van der Waals surface area contributed by atoms with Crippen molar-refractivity contribution in [2.45, 2.75) is 60.2 Å². The Morgan fingerprint density at radius 1 is 1.00 bits per heavy atom. The fraction of sp³-hybridized carbons (Fsp3) is 0.824. The van der Waals surface area contributed by atoms with Crippen molar-refractivity contribution in [3.63, 3.8) is 0 Å². The van der Waals surface area contributed by atoms with Gasteiger partial charge in [0.25, 0.3) is 0 Å². The lowest BCUT2D eigenvalue weighted by Gasteiger charge is -2.25. The van der Waals surface area contributed by atoms with Crippen molar-refractivity contribution in [2.75, 3.05) is 33.0 Å². The second kappa shape index (κ2) is 16.9. The third kappa shape index (κ3) is 16.7. The van der Waals surface area contributed by atoms with E-state index in [9.17, 15) is 4.79 Å². The van der Waals surface area contributed by atoms with Crippen LogP contribution in [-0.2, 0) is 27.2 Å². The lowest BCUT2D eigenvalue weighted by Crippen LogP contribution is -2.38. The zero-order valence-corrected chi connectivity index (χ0v) is 19.3. The first-order valence-corrected chi connectivity index (χ1v) is 13.7. The topological polar surface area (TPSA) is 63.2 Å². The van der Waals surface area contributed by atoms with E-state index in [-0.39, 0.29) is 5.97 Å². The smallest absolute Gasteiger partial charge is 0.335 e. The third-order valence-electron chi connectivity index (χ3n) is 3.06. The maximum Gasteiger partial charge on any atom is 0.335 e. The zero-order chi connectivity index (χ0) is 19.7. The summed E-state index contributed by atoms with van der Waals surface area (Å²) in [5.74, 6) is -0.332. The summed E-state index contributed by atoms with van der Waals surface area (Å²) in [6, 6.07) is 0.831. The minimum atomic E-state index is -2.06. The van der Waals surface area contributed by atoms with Crippen LogP contribution in [0, 0.1) is 0 Å². The molecule has 25 heavy (non-hydrogen) atoms. The van der Waals surface area contributed by atoms with Gasteiger partial charge in [0.1, 0.15) is 0 Å². The molecule has 0 amide bonds. The second-order valence-corrected chi connectivity index (χ2v) is 10.6. The monoisotopic (exact) mass is 394 g/mol. The maximum atomic E-state index is 11.1. The number of carbonyl (C=O) groups is 1. The minimum absolute atomic E-state index is 0.332. The van der Waals surface area contributed by atoms with Crippen LogP contribution < -0.4 is 0 Å². The van der Waals surface area contributed by atoms with Gasteiger partial charge in [0, 0.05) is 32.0 Å². The molecule has 0 unspecified atom stereocenters. The highest BCUT2D eigenvalue weighted by atomic mass is 28.4. The van der Waals surface area contributed by atoms with Gasteiger partial charge in [0.15, 0.2) is 0 Å². The van der Waals surface area contributed by atoms with Gasteiger partial charge in [-0.25, -0.2) is 4.79 Å². The van der Waals surface area contributed by atoms with Crippen LogP contribution in [0.2, 0.25) is 19.1 Å². The van der Waals surface area contributed by atoms with Crippen LogP contribution in [0.1, 0.15) is 41.0 Å². The lowest BCUT2D eigenvalue weighted by molar-refractivity contribution is -0.138. The first kappa shape index (κ1) is 26.7. The Hall–Kier alpha value is -0.516. The molecule has 0 aliphatic rings. The van der Waals surface area contributed by atoms with Crippen LogP contribution >= 0.6 is 0 Å². The summed E-state index contributed by atoms with van der Waals surface area (Å²) in [5, 5.41) is 0. The number of esters is 1. The van der Waals surface area contributed by atoms with Crippen molar-refractivity contribution >= 4 is 23.8 Å². The van der Waals surface area contributed by atoms with Crippen molar-refractivity contribution in [3.05, 3.63) is 12.2 Å². The Labute approximate surface area is 156 Å². The molecule has 0 aliphatic carbocycles. The SMILES string of the molecule is C=C(C)C(=O)OCCC[Si](C)(OCC)OCC.CCO[SiH](C)OCC. The number of carbonyl (C=O) groups excluding carboxylic acids is 1. The van der Waals surface area contributed by atoms with Crippen molar-refractivity contribution < 1.29 is 27.2 Å². The minimum Gasteiger partial charge on any atom is -0.462 e. The molecule has 0 aromatic heterocycles. The third-order valence-corrected chi connectivity index (χ3v) is 7.72. The Balaban J connectivity index is 0. The number of rotatable bonds is 13. The lowest BCUT2D eigenvalue weighted by atomic mass is 10.4. The van der Waals surface area contributed by atoms with E-state index in [1.807, 2.05) is 40.8 Å². The van der Waals surface area contributed by atoms with E-state index >= 15 is 0 Å². The molecular weight excluding hydrogens is 356 g/mol. The number of hydrogen-bond donors (Lipinski definition) is 0. The molecule has 0 saturated carbocycles. The first-order valence-electron chi connectivity index (χ1n) is 9.09. The summed E-state index contributed by atoms with van der Waals surface area (Å²) in [7, 11) is -3.26. The summed E-state index contributed by atoms with van der Waals surface area (Å²) < 4.78 is 26.8. The normalized spacial score (nSPS) is 11.0. The molecule has 0 aromatic carbocycles. The molecule has 0 fully saturated rings. The van der Waals surface area contributed by atoms with Crippen LogP contribution in [0.25, 0.3) is 0 Å². The summed E-state index contributed by atoms with van der Waals surface area (Å²) >= 11 is 0. The molecule has 0 atom stereocenters. The molecule has 150 valence electrons. The molecule has 0 bridgehead atoms. The van der Waals surface area contributed by atoms with Crippen molar-refractivity contribution in [1.82, 2.24) is 0 Å². The predicted molar refractivity (Wildman–Crippen MR) is 106 cm³/mol. The van der Waals surface area contributed by atoms with E-state index in [2.05, 4.69) is 6.58 Å². The van der Waals surface area contributed by atoms with E-state index in [1.54, 1.807) is 6.92 Å². The molecule has 0 N–H and O–H groups in total. The van der Waals surface area contributed by atoms with E-state index < -0.39 is 17.8 Å². The van der Waals surface area contributed by atoms with Gasteiger partial charge < -0.3 is 22.4 Å². The summed E-state index contributed by atoms with van der Waals surface area (Å²) in [6.07, 6.45) is 0.766. The number of ether oxygens (including phenoxy) is 1. The van der Waals surface area contributed by atoms with Crippen LogP contribution in [-0.4, -0.2) is 56.8 Å². The van der Waals surface area contributed by atoms with Crippen LogP contribution in [0.3, 0.4) is 0 Å². The Kier molecular flexibility index (Phi) is 18.1. The summed E-state index contributed by atoms with van der Waals surface area (Å²) in [6.45, 7) is 20.4. The second-order valence-electron chi connectivity index (χ2n) is 5.50. The van der Waals surface area contributed by atoms with Crippen LogP contribution in [0.15, 0.2) is 12.2 Å². The molecular formula is C17H38O6Si2. The van der Waals surface area contributed by atoms with Crippen LogP contribution in [0.5, 0.6) is 0 Å². The number of hydrogen-bond acceptors (Lipinski definition) is 6. The highest BCUT2D eigenvalue weighted by Crippen LogP contribution is 2.16. The van der Waals surface area contributed by atoms with Crippen molar-refractivity contribution in [1.29, 1.82) is 0 Å². The predicted octanol–water partition coefficient (Wildman–Crippen LogP) is 3.55. The Bertz CT molecular complexity index is 340. The first-order chi connectivity index (χ1) is 11.8. The van der Waals surface area contributed by atoms with Gasteiger partial charge in [0.2, 0.25) is 0 Å².